The van der Waals surface area contributed by atoms with E-state index in [-0.39, 0.29) is 24.8 Å². The maximum absolute atomic E-state index is 12.8. The summed E-state index contributed by atoms with van der Waals surface area (Å²) in [5, 5.41) is 9.68. The Morgan fingerprint density at radius 2 is 2.04 bits per heavy atom. The summed E-state index contributed by atoms with van der Waals surface area (Å²) in [7, 11) is 0. The molecule has 2 heterocycles. The quantitative estimate of drug-likeness (QED) is 0.928. The van der Waals surface area contributed by atoms with E-state index in [1.807, 2.05) is 0 Å². The standard InChI is InChI=1S/C17H16N2O5/c20-16(13-9-18-15(24-13)10-5-6-10)19-7-8-23-12-4-2-1-3-11(12)14(19)17(21)22/h1-4,9-10,14H,5-8H2,(H,21,22). The number of carboxylic acids is 1. The van der Waals surface area contributed by atoms with E-state index in [2.05, 4.69) is 4.98 Å². The number of aliphatic carboxylic acids is 1. The molecular formula is C17H16N2O5. The van der Waals surface area contributed by atoms with Gasteiger partial charge < -0.3 is 19.2 Å². The number of carboxylic acid groups (broad SMARTS) is 1. The maximum atomic E-state index is 12.8. The Kier molecular flexibility index (Phi) is 3.48. The van der Waals surface area contributed by atoms with Crippen LogP contribution in [0.15, 0.2) is 34.9 Å². The van der Waals surface area contributed by atoms with E-state index in [0.29, 0.717) is 17.2 Å². The molecule has 1 unspecified atom stereocenters. The fraction of sp³-hybridized carbons (Fsp3) is 0.353. The molecular weight excluding hydrogens is 312 g/mol. The number of fused-ring (bicyclic) bond motifs is 1. The molecule has 4 rings (SSSR count). The van der Waals surface area contributed by atoms with E-state index in [1.165, 1.54) is 11.1 Å². The second-order valence-electron chi connectivity index (χ2n) is 5.96. The van der Waals surface area contributed by atoms with E-state index < -0.39 is 17.9 Å². The molecule has 1 N–H and O–H groups in total. The molecule has 0 saturated heterocycles. The van der Waals surface area contributed by atoms with Crippen LogP contribution in [0.1, 0.15) is 46.8 Å². The Balaban J connectivity index is 1.69. The lowest BCUT2D eigenvalue weighted by molar-refractivity contribution is -0.142. The van der Waals surface area contributed by atoms with Crippen molar-refractivity contribution in [3.05, 3.63) is 47.7 Å². The number of rotatable bonds is 3. The van der Waals surface area contributed by atoms with Gasteiger partial charge in [-0.15, -0.1) is 0 Å². The van der Waals surface area contributed by atoms with Crippen LogP contribution < -0.4 is 4.74 Å². The van der Waals surface area contributed by atoms with Crippen LogP contribution in [0.2, 0.25) is 0 Å². The zero-order chi connectivity index (χ0) is 16.7. The molecule has 24 heavy (non-hydrogen) atoms. The fourth-order valence-corrected chi connectivity index (χ4v) is 2.92. The van der Waals surface area contributed by atoms with Gasteiger partial charge in [-0.25, -0.2) is 9.78 Å². The minimum Gasteiger partial charge on any atom is -0.491 e. The average Bonchev–Trinajstić information content (AvgIpc) is 3.34. The molecule has 0 spiro atoms. The summed E-state index contributed by atoms with van der Waals surface area (Å²) in [4.78, 5) is 30.1. The Hall–Kier alpha value is -2.83. The van der Waals surface area contributed by atoms with E-state index in [1.54, 1.807) is 24.3 Å². The predicted molar refractivity (Wildman–Crippen MR) is 81.8 cm³/mol. The highest BCUT2D eigenvalue weighted by Crippen LogP contribution is 2.40. The zero-order valence-electron chi connectivity index (χ0n) is 12.8. The van der Waals surface area contributed by atoms with E-state index in [0.717, 1.165) is 12.8 Å². The van der Waals surface area contributed by atoms with Crippen molar-refractivity contribution in [2.24, 2.45) is 0 Å². The van der Waals surface area contributed by atoms with Gasteiger partial charge in [0.2, 0.25) is 5.76 Å². The minimum absolute atomic E-state index is 0.0718. The Morgan fingerprint density at radius 3 is 2.79 bits per heavy atom. The third-order valence-electron chi connectivity index (χ3n) is 4.27. The predicted octanol–water partition coefficient (Wildman–Crippen LogP) is 2.21. The number of carbonyl (C=O) groups excluding carboxylic acids is 1. The zero-order valence-corrected chi connectivity index (χ0v) is 12.8. The van der Waals surface area contributed by atoms with E-state index in [9.17, 15) is 14.7 Å². The molecule has 1 saturated carbocycles. The van der Waals surface area contributed by atoms with Crippen molar-refractivity contribution in [3.63, 3.8) is 0 Å². The normalized spacial score (nSPS) is 20.0. The SMILES string of the molecule is O=C(O)C1c2ccccc2OCCN1C(=O)c1cnc(C2CC2)o1. The lowest BCUT2D eigenvalue weighted by atomic mass is 10.0. The van der Waals surface area contributed by atoms with Gasteiger partial charge in [0.05, 0.1) is 12.7 Å². The van der Waals surface area contributed by atoms with E-state index >= 15 is 0 Å². The highest BCUT2D eigenvalue weighted by Gasteiger charge is 2.37. The molecule has 2 aromatic rings. The van der Waals surface area contributed by atoms with Gasteiger partial charge >= 0.3 is 5.97 Å². The lowest BCUT2D eigenvalue weighted by Crippen LogP contribution is -2.39. The Labute approximate surface area is 137 Å². The van der Waals surface area contributed by atoms with Gasteiger partial charge in [0.25, 0.3) is 5.91 Å². The molecule has 2 aliphatic rings. The number of nitrogens with zero attached hydrogens (tertiary/aromatic N) is 2. The second kappa shape index (κ2) is 5.67. The van der Waals surface area contributed by atoms with Crippen molar-refractivity contribution in [1.82, 2.24) is 9.88 Å². The number of aromatic nitrogens is 1. The fourth-order valence-electron chi connectivity index (χ4n) is 2.92. The third kappa shape index (κ3) is 2.51. The van der Waals surface area contributed by atoms with E-state index in [4.69, 9.17) is 9.15 Å². The molecule has 0 radical (unpaired) electrons. The first-order valence-corrected chi connectivity index (χ1v) is 7.86. The van der Waals surface area contributed by atoms with Gasteiger partial charge in [0, 0.05) is 11.5 Å². The van der Waals surface area contributed by atoms with Gasteiger partial charge in [-0.1, -0.05) is 18.2 Å². The monoisotopic (exact) mass is 328 g/mol. The van der Waals surface area contributed by atoms with Crippen molar-refractivity contribution in [1.29, 1.82) is 0 Å². The molecule has 7 heteroatoms. The van der Waals surface area contributed by atoms with Gasteiger partial charge in [0.1, 0.15) is 12.4 Å². The highest BCUT2D eigenvalue weighted by atomic mass is 16.5. The van der Waals surface area contributed by atoms with Crippen LogP contribution in [-0.4, -0.2) is 40.0 Å². The number of hydrogen-bond donors (Lipinski definition) is 1. The summed E-state index contributed by atoms with van der Waals surface area (Å²) < 4.78 is 11.1. The molecule has 1 aromatic carbocycles. The summed E-state index contributed by atoms with van der Waals surface area (Å²) in [6.07, 6.45) is 3.40. The first kappa shape index (κ1) is 14.7. The van der Waals surface area contributed by atoms with Crippen LogP contribution in [0.3, 0.4) is 0 Å². The Morgan fingerprint density at radius 1 is 1.25 bits per heavy atom. The number of carbonyl (C=O) groups is 2. The first-order chi connectivity index (χ1) is 11.6. The summed E-state index contributed by atoms with van der Waals surface area (Å²) in [6.45, 7) is 0.375. The van der Waals surface area contributed by atoms with Crippen LogP contribution in [0.5, 0.6) is 5.75 Å². The number of amides is 1. The number of benzene rings is 1. The largest absolute Gasteiger partial charge is 0.491 e. The Bertz CT molecular complexity index is 796. The third-order valence-corrected chi connectivity index (χ3v) is 4.27. The van der Waals surface area contributed by atoms with Gasteiger partial charge in [-0.3, -0.25) is 4.79 Å². The van der Waals surface area contributed by atoms with Gasteiger partial charge in [-0.05, 0) is 18.9 Å². The first-order valence-electron chi connectivity index (χ1n) is 7.86. The maximum Gasteiger partial charge on any atom is 0.331 e. The number of hydrogen-bond acceptors (Lipinski definition) is 5. The smallest absolute Gasteiger partial charge is 0.331 e. The number of ether oxygens (including phenoxy) is 1. The molecule has 0 bridgehead atoms. The molecule has 1 aromatic heterocycles. The summed E-state index contributed by atoms with van der Waals surface area (Å²) in [5.74, 6) is -0.198. The lowest BCUT2D eigenvalue weighted by Gasteiger charge is -2.25. The van der Waals surface area contributed by atoms with Crippen LogP contribution in [0.4, 0.5) is 0 Å². The molecule has 1 amide bonds. The van der Waals surface area contributed by atoms with Gasteiger partial charge in [-0.2, -0.15) is 0 Å². The van der Waals surface area contributed by atoms with Crippen molar-refractivity contribution >= 4 is 11.9 Å². The summed E-state index contributed by atoms with van der Waals surface area (Å²) >= 11 is 0. The average molecular weight is 328 g/mol. The summed E-state index contributed by atoms with van der Waals surface area (Å²) in [5.41, 5.74) is 0.456. The number of para-hydroxylation sites is 1. The second-order valence-corrected chi connectivity index (χ2v) is 5.96. The van der Waals surface area contributed by atoms with Gasteiger partial charge in [0.15, 0.2) is 11.9 Å². The molecule has 1 aliphatic heterocycles. The molecule has 1 atom stereocenters. The van der Waals surface area contributed by atoms with Crippen LogP contribution in [0.25, 0.3) is 0 Å². The van der Waals surface area contributed by atoms with Crippen LogP contribution in [-0.2, 0) is 4.79 Å². The minimum atomic E-state index is -1.12. The molecule has 7 nitrogen and oxygen atoms in total. The van der Waals surface area contributed by atoms with Crippen molar-refractivity contribution in [2.75, 3.05) is 13.2 Å². The van der Waals surface area contributed by atoms with Crippen LogP contribution >= 0.6 is 0 Å². The molecule has 1 aliphatic carbocycles. The molecule has 1 fully saturated rings. The highest BCUT2D eigenvalue weighted by molar-refractivity contribution is 5.94. The van der Waals surface area contributed by atoms with Crippen molar-refractivity contribution in [2.45, 2.75) is 24.8 Å². The van der Waals surface area contributed by atoms with Crippen molar-refractivity contribution < 1.29 is 23.8 Å². The van der Waals surface area contributed by atoms with Crippen molar-refractivity contribution in [3.8, 4) is 5.75 Å². The number of oxazole rings is 1. The topological polar surface area (TPSA) is 92.9 Å². The molecule has 124 valence electrons. The summed E-state index contributed by atoms with van der Waals surface area (Å²) in [6, 6.07) is 5.75. The van der Waals surface area contributed by atoms with Crippen LogP contribution in [0, 0.1) is 0 Å².